The Labute approximate surface area is 175 Å². The average Bonchev–Trinajstić information content (AvgIpc) is 2.69. The molecule has 0 saturated heterocycles. The molecule has 0 aliphatic carbocycles. The molecule has 0 aromatic heterocycles. The molecule has 0 heterocycles. The molecule has 1 rings (SSSR count). The Bertz CT molecular complexity index is 738. The fraction of sp³-hybridized carbons (Fsp3) is 0.500. The summed E-state index contributed by atoms with van der Waals surface area (Å²) in [6.07, 6.45) is 0.0738. The minimum atomic E-state index is -1.29. The van der Waals surface area contributed by atoms with Crippen molar-refractivity contribution in [2.45, 2.75) is 51.4 Å². The van der Waals surface area contributed by atoms with Gasteiger partial charge in [-0.2, -0.15) is 0 Å². The zero-order chi connectivity index (χ0) is 22.8. The summed E-state index contributed by atoms with van der Waals surface area (Å²) in [6.45, 7) is 4.07. The quantitative estimate of drug-likeness (QED) is 0.259. The van der Waals surface area contributed by atoms with Gasteiger partial charge in [-0.15, -0.1) is 0 Å². The first kappa shape index (κ1) is 25.1. The van der Waals surface area contributed by atoms with E-state index < -0.39 is 54.5 Å². The number of carboxylic acid groups (broad SMARTS) is 1. The third-order valence-corrected chi connectivity index (χ3v) is 4.37. The number of rotatable bonds is 11. The van der Waals surface area contributed by atoms with Crippen molar-refractivity contribution in [2.75, 3.05) is 6.61 Å². The van der Waals surface area contributed by atoms with Gasteiger partial charge in [0.2, 0.25) is 17.7 Å². The van der Waals surface area contributed by atoms with Crippen molar-refractivity contribution < 1.29 is 29.4 Å². The predicted octanol–water partition coefficient (Wildman–Crippen LogP) is -1.24. The molecule has 1 aromatic rings. The van der Waals surface area contributed by atoms with Crippen molar-refractivity contribution >= 4 is 23.7 Å². The maximum absolute atomic E-state index is 12.7. The highest BCUT2D eigenvalue weighted by molar-refractivity contribution is 5.94. The SMILES string of the molecule is CC(N)C(=O)NC(CO)C(=O)NC(C(=O)NC(Cc1ccccc1)C(=O)O)C(C)C. The maximum atomic E-state index is 12.7. The van der Waals surface area contributed by atoms with Crippen molar-refractivity contribution in [1.29, 1.82) is 0 Å². The number of hydrogen-bond acceptors (Lipinski definition) is 6. The van der Waals surface area contributed by atoms with Crippen molar-refractivity contribution in [3.63, 3.8) is 0 Å². The van der Waals surface area contributed by atoms with Gasteiger partial charge in [-0.05, 0) is 18.4 Å². The van der Waals surface area contributed by atoms with Gasteiger partial charge in [0.05, 0.1) is 12.6 Å². The van der Waals surface area contributed by atoms with Gasteiger partial charge in [0.15, 0.2) is 0 Å². The number of aliphatic carboxylic acids is 1. The first-order chi connectivity index (χ1) is 14.1. The number of carbonyl (C=O) groups excluding carboxylic acids is 3. The Kier molecular flexibility index (Phi) is 9.93. The molecule has 0 aliphatic heterocycles. The molecule has 0 aliphatic rings. The van der Waals surface area contributed by atoms with E-state index in [1.165, 1.54) is 6.92 Å². The molecular formula is C20H30N4O6. The van der Waals surface area contributed by atoms with E-state index in [0.29, 0.717) is 0 Å². The van der Waals surface area contributed by atoms with Gasteiger partial charge in [0.1, 0.15) is 18.1 Å². The Hall–Kier alpha value is -2.98. The molecule has 10 nitrogen and oxygen atoms in total. The second kappa shape index (κ2) is 11.9. The largest absolute Gasteiger partial charge is 0.480 e. The first-order valence-electron chi connectivity index (χ1n) is 9.61. The summed E-state index contributed by atoms with van der Waals surface area (Å²) in [5, 5.41) is 26.1. The number of benzene rings is 1. The average molecular weight is 422 g/mol. The smallest absolute Gasteiger partial charge is 0.326 e. The van der Waals surface area contributed by atoms with Gasteiger partial charge >= 0.3 is 5.97 Å². The molecule has 0 saturated carbocycles. The highest BCUT2D eigenvalue weighted by atomic mass is 16.4. The van der Waals surface area contributed by atoms with Crippen LogP contribution in [0.1, 0.15) is 26.3 Å². The van der Waals surface area contributed by atoms with Gasteiger partial charge in [-0.25, -0.2) is 4.79 Å². The summed E-state index contributed by atoms with van der Waals surface area (Å²) < 4.78 is 0. The Balaban J connectivity index is 2.86. The van der Waals surface area contributed by atoms with Crippen molar-refractivity contribution in [3.8, 4) is 0 Å². The third-order valence-electron chi connectivity index (χ3n) is 4.37. The van der Waals surface area contributed by atoms with E-state index in [2.05, 4.69) is 16.0 Å². The Morgan fingerprint density at radius 2 is 1.47 bits per heavy atom. The molecule has 10 heteroatoms. The summed E-state index contributed by atoms with van der Waals surface area (Å²) in [5.41, 5.74) is 6.17. The zero-order valence-electron chi connectivity index (χ0n) is 17.3. The summed E-state index contributed by atoms with van der Waals surface area (Å²) in [5.74, 6) is -3.70. The molecule has 0 radical (unpaired) electrons. The minimum absolute atomic E-state index is 0.0738. The van der Waals surface area contributed by atoms with Gasteiger partial charge < -0.3 is 31.9 Å². The third kappa shape index (κ3) is 7.80. The number of nitrogens with two attached hydrogens (primary N) is 1. The van der Waals surface area contributed by atoms with Crippen LogP contribution < -0.4 is 21.7 Å². The lowest BCUT2D eigenvalue weighted by Crippen LogP contribution is -2.59. The fourth-order valence-corrected chi connectivity index (χ4v) is 2.60. The van der Waals surface area contributed by atoms with Crippen LogP contribution in [0, 0.1) is 5.92 Å². The number of aliphatic hydroxyl groups is 1. The van der Waals surface area contributed by atoms with Crippen molar-refractivity contribution in [3.05, 3.63) is 35.9 Å². The van der Waals surface area contributed by atoms with Crippen LogP contribution in [-0.4, -0.2) is 64.7 Å². The number of aliphatic hydroxyl groups excluding tert-OH is 1. The number of carbonyl (C=O) groups is 4. The van der Waals surface area contributed by atoms with Gasteiger partial charge in [0.25, 0.3) is 0 Å². The predicted molar refractivity (Wildman–Crippen MR) is 109 cm³/mol. The van der Waals surface area contributed by atoms with Crippen LogP contribution in [0.2, 0.25) is 0 Å². The normalized spacial score (nSPS) is 14.9. The van der Waals surface area contributed by atoms with E-state index in [4.69, 9.17) is 5.73 Å². The second-order valence-corrected chi connectivity index (χ2v) is 7.35. The fourth-order valence-electron chi connectivity index (χ4n) is 2.60. The number of carboxylic acids is 1. The van der Waals surface area contributed by atoms with E-state index in [-0.39, 0.29) is 12.3 Å². The zero-order valence-corrected chi connectivity index (χ0v) is 17.3. The number of hydrogen-bond donors (Lipinski definition) is 6. The summed E-state index contributed by atoms with van der Waals surface area (Å²) >= 11 is 0. The topological polar surface area (TPSA) is 171 Å². The van der Waals surface area contributed by atoms with E-state index in [1.807, 2.05) is 0 Å². The van der Waals surface area contributed by atoms with E-state index >= 15 is 0 Å². The van der Waals surface area contributed by atoms with Crippen molar-refractivity contribution in [1.82, 2.24) is 16.0 Å². The summed E-state index contributed by atoms with van der Waals surface area (Å²) in [4.78, 5) is 48.4. The Morgan fingerprint density at radius 3 is 1.93 bits per heavy atom. The lowest BCUT2D eigenvalue weighted by Gasteiger charge is -2.26. The monoisotopic (exact) mass is 422 g/mol. The van der Waals surface area contributed by atoms with Crippen LogP contribution in [0.15, 0.2) is 30.3 Å². The Morgan fingerprint density at radius 1 is 0.900 bits per heavy atom. The molecule has 30 heavy (non-hydrogen) atoms. The summed E-state index contributed by atoms with van der Waals surface area (Å²) in [6, 6.07) is 4.37. The van der Waals surface area contributed by atoms with E-state index in [0.717, 1.165) is 5.56 Å². The number of amides is 3. The minimum Gasteiger partial charge on any atom is -0.480 e. The highest BCUT2D eigenvalue weighted by Gasteiger charge is 2.31. The molecular weight excluding hydrogens is 392 g/mol. The van der Waals surface area contributed by atoms with E-state index in [1.54, 1.807) is 44.2 Å². The lowest BCUT2D eigenvalue weighted by atomic mass is 10.0. The summed E-state index contributed by atoms with van der Waals surface area (Å²) in [7, 11) is 0. The molecule has 166 valence electrons. The van der Waals surface area contributed by atoms with Gasteiger partial charge in [-0.3, -0.25) is 14.4 Å². The number of nitrogens with one attached hydrogen (secondary N) is 3. The molecule has 7 N–H and O–H groups in total. The lowest BCUT2D eigenvalue weighted by molar-refractivity contribution is -0.142. The van der Waals surface area contributed by atoms with Crippen LogP contribution in [-0.2, 0) is 25.6 Å². The molecule has 4 atom stereocenters. The van der Waals surface area contributed by atoms with Gasteiger partial charge in [0, 0.05) is 6.42 Å². The van der Waals surface area contributed by atoms with Crippen LogP contribution in [0.3, 0.4) is 0 Å². The molecule has 0 fully saturated rings. The van der Waals surface area contributed by atoms with Gasteiger partial charge in [-0.1, -0.05) is 44.2 Å². The molecule has 4 unspecified atom stereocenters. The van der Waals surface area contributed by atoms with Crippen LogP contribution in [0.5, 0.6) is 0 Å². The molecule has 0 bridgehead atoms. The van der Waals surface area contributed by atoms with Crippen molar-refractivity contribution in [2.24, 2.45) is 11.7 Å². The standard InChI is InChI=1S/C20H30N4O6/c1-11(2)16(24-18(27)15(10-25)23-17(26)12(3)21)19(28)22-14(20(29)30)9-13-7-5-4-6-8-13/h4-8,11-12,14-16,25H,9-10,21H2,1-3H3,(H,22,28)(H,23,26)(H,24,27)(H,29,30). The first-order valence-corrected chi connectivity index (χ1v) is 9.61. The van der Waals surface area contributed by atoms with Crippen LogP contribution >= 0.6 is 0 Å². The molecule has 0 spiro atoms. The second-order valence-electron chi connectivity index (χ2n) is 7.35. The highest BCUT2D eigenvalue weighted by Crippen LogP contribution is 2.07. The maximum Gasteiger partial charge on any atom is 0.326 e. The van der Waals surface area contributed by atoms with Crippen LogP contribution in [0.25, 0.3) is 0 Å². The molecule has 3 amide bonds. The van der Waals surface area contributed by atoms with Crippen LogP contribution in [0.4, 0.5) is 0 Å². The van der Waals surface area contributed by atoms with E-state index in [9.17, 15) is 29.4 Å². The molecule has 1 aromatic carbocycles.